The molecule has 2 atom stereocenters. The Kier molecular flexibility index (Phi) is 9.71. The Labute approximate surface area is 216 Å². The minimum absolute atomic E-state index is 0.00142. The monoisotopic (exact) mass is 484 g/mol. The number of aryl methyl sites for hydroxylation is 1. The van der Waals surface area contributed by atoms with Gasteiger partial charge in [-0.05, 0) is 91.4 Å². The van der Waals surface area contributed by atoms with E-state index in [2.05, 4.69) is 47.9 Å². The standard InChI is InChI=1S/C32H40N2O2/c1-3-21-33-29-19-20-31-26(11-7-13-28(31)22-29)12-8-14-30(23-36-2)34-32(35)27-17-15-25(16-18-27)24-9-5-4-6-10-24/h4-7,9-11,13,15-18,29-30,33H,3,8,12,14,19-23H2,1-2H3,(H,34,35)/t29-,30?/m0/s1. The van der Waals surface area contributed by atoms with Gasteiger partial charge in [-0.25, -0.2) is 0 Å². The van der Waals surface area contributed by atoms with Gasteiger partial charge in [0.1, 0.15) is 0 Å². The number of carbonyl (C=O) groups excluding carboxylic acids is 1. The van der Waals surface area contributed by atoms with Gasteiger partial charge >= 0.3 is 0 Å². The third-order valence-electron chi connectivity index (χ3n) is 7.22. The molecule has 4 nitrogen and oxygen atoms in total. The van der Waals surface area contributed by atoms with Crippen LogP contribution >= 0.6 is 0 Å². The minimum atomic E-state index is -0.0422. The lowest BCUT2D eigenvalue weighted by Gasteiger charge is -2.27. The minimum Gasteiger partial charge on any atom is -0.383 e. The van der Waals surface area contributed by atoms with Crippen molar-refractivity contribution in [3.8, 4) is 11.1 Å². The summed E-state index contributed by atoms with van der Waals surface area (Å²) in [6.45, 7) is 3.84. The second kappa shape index (κ2) is 13.4. The molecule has 0 aromatic heterocycles. The lowest BCUT2D eigenvalue weighted by Crippen LogP contribution is -2.38. The molecule has 3 aromatic carbocycles. The van der Waals surface area contributed by atoms with Gasteiger partial charge in [-0.1, -0.05) is 67.6 Å². The smallest absolute Gasteiger partial charge is 0.251 e. The number of hydrogen-bond acceptors (Lipinski definition) is 3. The third kappa shape index (κ3) is 7.05. The van der Waals surface area contributed by atoms with Crippen molar-refractivity contribution in [2.24, 2.45) is 0 Å². The molecule has 36 heavy (non-hydrogen) atoms. The average molecular weight is 485 g/mol. The van der Waals surface area contributed by atoms with Crippen LogP contribution in [0.2, 0.25) is 0 Å². The fraction of sp³-hybridized carbons (Fsp3) is 0.406. The van der Waals surface area contributed by atoms with Crippen LogP contribution in [0.25, 0.3) is 11.1 Å². The molecule has 0 heterocycles. The molecule has 1 aliphatic carbocycles. The first kappa shape index (κ1) is 26.1. The predicted molar refractivity (Wildman–Crippen MR) is 148 cm³/mol. The van der Waals surface area contributed by atoms with E-state index in [0.29, 0.717) is 18.2 Å². The lowest BCUT2D eigenvalue weighted by atomic mass is 9.84. The number of carbonyl (C=O) groups is 1. The Hall–Kier alpha value is -2.95. The second-order valence-electron chi connectivity index (χ2n) is 9.91. The van der Waals surface area contributed by atoms with Gasteiger partial charge < -0.3 is 15.4 Å². The van der Waals surface area contributed by atoms with E-state index in [1.165, 1.54) is 24.0 Å². The van der Waals surface area contributed by atoms with E-state index >= 15 is 0 Å². The first-order valence-corrected chi connectivity index (χ1v) is 13.5. The van der Waals surface area contributed by atoms with E-state index in [9.17, 15) is 4.79 Å². The molecule has 1 aliphatic rings. The van der Waals surface area contributed by atoms with Gasteiger partial charge in [0.05, 0.1) is 12.6 Å². The van der Waals surface area contributed by atoms with Crippen LogP contribution in [0.3, 0.4) is 0 Å². The largest absolute Gasteiger partial charge is 0.383 e. The van der Waals surface area contributed by atoms with Crippen LogP contribution in [0, 0.1) is 0 Å². The van der Waals surface area contributed by atoms with E-state index in [-0.39, 0.29) is 11.9 Å². The van der Waals surface area contributed by atoms with Gasteiger partial charge in [0.15, 0.2) is 0 Å². The summed E-state index contributed by atoms with van der Waals surface area (Å²) in [6.07, 6.45) is 7.65. The van der Waals surface area contributed by atoms with Crippen LogP contribution in [0.15, 0.2) is 72.8 Å². The van der Waals surface area contributed by atoms with Crippen LogP contribution in [0.5, 0.6) is 0 Å². The van der Waals surface area contributed by atoms with Crippen LogP contribution < -0.4 is 10.6 Å². The van der Waals surface area contributed by atoms with E-state index in [1.54, 1.807) is 12.7 Å². The Balaban J connectivity index is 1.31. The zero-order valence-electron chi connectivity index (χ0n) is 21.8. The van der Waals surface area contributed by atoms with Crippen molar-refractivity contribution in [2.75, 3.05) is 20.3 Å². The number of ether oxygens (including phenoxy) is 1. The van der Waals surface area contributed by atoms with Gasteiger partial charge in [0.25, 0.3) is 5.91 Å². The Morgan fingerprint density at radius 2 is 1.78 bits per heavy atom. The normalized spacial score (nSPS) is 15.8. The maximum atomic E-state index is 12.9. The number of benzene rings is 3. The van der Waals surface area contributed by atoms with Crippen molar-refractivity contribution in [1.82, 2.24) is 10.6 Å². The van der Waals surface area contributed by atoms with Crippen molar-refractivity contribution in [2.45, 2.75) is 64.0 Å². The van der Waals surface area contributed by atoms with Gasteiger partial charge in [-0.2, -0.15) is 0 Å². The summed E-state index contributed by atoms with van der Waals surface area (Å²) in [7, 11) is 1.70. The third-order valence-corrected chi connectivity index (χ3v) is 7.22. The molecule has 0 aliphatic heterocycles. The molecule has 0 saturated carbocycles. The molecule has 0 spiro atoms. The molecule has 4 rings (SSSR count). The van der Waals surface area contributed by atoms with Crippen molar-refractivity contribution in [1.29, 1.82) is 0 Å². The molecule has 0 fully saturated rings. The molecule has 1 unspecified atom stereocenters. The SMILES string of the molecule is CCCN[C@H]1CCc2c(CCCC(COC)NC(=O)c3ccc(-c4ccccc4)cc3)cccc2C1. The Morgan fingerprint density at radius 1 is 1.00 bits per heavy atom. The van der Waals surface area contributed by atoms with Crippen LogP contribution in [0.1, 0.15) is 59.7 Å². The Bertz CT molecular complexity index is 1090. The molecule has 2 N–H and O–H groups in total. The summed E-state index contributed by atoms with van der Waals surface area (Å²) in [5, 5.41) is 6.89. The van der Waals surface area contributed by atoms with Crippen molar-refractivity contribution in [3.05, 3.63) is 95.1 Å². The lowest BCUT2D eigenvalue weighted by molar-refractivity contribution is 0.0891. The maximum Gasteiger partial charge on any atom is 0.251 e. The van der Waals surface area contributed by atoms with E-state index in [4.69, 9.17) is 4.74 Å². The number of rotatable bonds is 12. The summed E-state index contributed by atoms with van der Waals surface area (Å²) in [4.78, 5) is 12.9. The van der Waals surface area contributed by atoms with Crippen molar-refractivity contribution in [3.63, 3.8) is 0 Å². The van der Waals surface area contributed by atoms with Crippen molar-refractivity contribution < 1.29 is 9.53 Å². The number of methoxy groups -OCH3 is 1. The van der Waals surface area contributed by atoms with Gasteiger partial charge in [-0.15, -0.1) is 0 Å². The zero-order chi connectivity index (χ0) is 25.2. The highest BCUT2D eigenvalue weighted by Crippen LogP contribution is 2.26. The number of nitrogens with one attached hydrogen (secondary N) is 2. The maximum absolute atomic E-state index is 12.9. The highest BCUT2D eigenvalue weighted by atomic mass is 16.5. The molecule has 4 heteroatoms. The van der Waals surface area contributed by atoms with Crippen LogP contribution in [0.4, 0.5) is 0 Å². The first-order valence-electron chi connectivity index (χ1n) is 13.5. The van der Waals surface area contributed by atoms with E-state index < -0.39 is 0 Å². The molecular formula is C32H40N2O2. The highest BCUT2D eigenvalue weighted by Gasteiger charge is 2.20. The summed E-state index contributed by atoms with van der Waals surface area (Å²) < 4.78 is 5.43. The molecule has 0 saturated heterocycles. The first-order chi connectivity index (χ1) is 17.7. The van der Waals surface area contributed by atoms with E-state index in [0.717, 1.165) is 49.8 Å². The van der Waals surface area contributed by atoms with E-state index in [1.807, 2.05) is 42.5 Å². The fourth-order valence-corrected chi connectivity index (χ4v) is 5.29. The second-order valence-corrected chi connectivity index (χ2v) is 9.91. The van der Waals surface area contributed by atoms with Gasteiger partial charge in [0, 0.05) is 18.7 Å². The topological polar surface area (TPSA) is 50.4 Å². The van der Waals surface area contributed by atoms with Crippen molar-refractivity contribution >= 4 is 5.91 Å². The molecule has 0 bridgehead atoms. The molecular weight excluding hydrogens is 444 g/mol. The summed E-state index contributed by atoms with van der Waals surface area (Å²) in [5.74, 6) is -0.0422. The summed E-state index contributed by atoms with van der Waals surface area (Å²) in [6, 6.07) is 25.5. The number of fused-ring (bicyclic) bond motifs is 1. The highest BCUT2D eigenvalue weighted by molar-refractivity contribution is 5.94. The quantitative estimate of drug-likeness (QED) is 0.333. The predicted octanol–water partition coefficient (Wildman–Crippen LogP) is 5.98. The number of amides is 1. The molecule has 0 radical (unpaired) electrons. The average Bonchev–Trinajstić information content (AvgIpc) is 2.92. The number of hydrogen-bond donors (Lipinski definition) is 2. The molecule has 1 amide bonds. The zero-order valence-corrected chi connectivity index (χ0v) is 21.8. The van der Waals surface area contributed by atoms with Gasteiger partial charge in [0.2, 0.25) is 0 Å². The fourth-order valence-electron chi connectivity index (χ4n) is 5.29. The van der Waals surface area contributed by atoms with Crippen LogP contribution in [-0.2, 0) is 24.0 Å². The summed E-state index contributed by atoms with van der Waals surface area (Å²) in [5.41, 5.74) is 7.47. The Morgan fingerprint density at radius 3 is 2.53 bits per heavy atom. The molecule has 190 valence electrons. The van der Waals surface area contributed by atoms with Gasteiger partial charge in [-0.3, -0.25) is 4.79 Å². The molecule has 3 aromatic rings. The van der Waals surface area contributed by atoms with Crippen LogP contribution in [-0.4, -0.2) is 38.3 Å². The summed E-state index contributed by atoms with van der Waals surface area (Å²) >= 11 is 0.